The summed E-state index contributed by atoms with van der Waals surface area (Å²) in [6, 6.07) is 4.96. The maximum absolute atomic E-state index is 13.3. The maximum atomic E-state index is 13.3. The van der Waals surface area contributed by atoms with Crippen LogP contribution in [0.4, 0.5) is 4.39 Å². The van der Waals surface area contributed by atoms with Gasteiger partial charge in [-0.05, 0) is 42.5 Å². The third-order valence-electron chi connectivity index (χ3n) is 3.47. The Morgan fingerprint density at radius 3 is 2.88 bits per heavy atom. The first kappa shape index (κ1) is 9.85. The average molecular weight is 218 g/mol. The Morgan fingerprint density at radius 2 is 2.19 bits per heavy atom. The number of benzene rings is 1. The highest BCUT2D eigenvalue weighted by Crippen LogP contribution is 2.41. The molecule has 1 saturated carbocycles. The number of nitrogens with zero attached hydrogens (tertiary/aromatic N) is 1. The van der Waals surface area contributed by atoms with Crippen molar-refractivity contribution in [2.24, 2.45) is 18.7 Å². The molecule has 16 heavy (non-hydrogen) atoms. The van der Waals surface area contributed by atoms with E-state index in [1.807, 2.05) is 23.9 Å². The van der Waals surface area contributed by atoms with E-state index in [0.29, 0.717) is 5.92 Å². The molecule has 1 heterocycles. The van der Waals surface area contributed by atoms with Crippen LogP contribution in [0.25, 0.3) is 10.9 Å². The summed E-state index contributed by atoms with van der Waals surface area (Å²) in [6.45, 7) is 0. The minimum Gasteiger partial charge on any atom is -0.350 e. The van der Waals surface area contributed by atoms with Gasteiger partial charge in [0.2, 0.25) is 0 Å². The Bertz CT molecular complexity index is 540. The molecule has 1 fully saturated rings. The number of fused-ring (bicyclic) bond motifs is 1. The molecule has 3 rings (SSSR count). The normalized spacial score (nSPS) is 17.9. The van der Waals surface area contributed by atoms with Crippen molar-refractivity contribution in [2.45, 2.75) is 18.9 Å². The summed E-state index contributed by atoms with van der Waals surface area (Å²) in [5, 5.41) is 0.960. The fourth-order valence-electron chi connectivity index (χ4n) is 2.37. The van der Waals surface area contributed by atoms with Crippen LogP contribution >= 0.6 is 0 Å². The molecule has 1 aromatic carbocycles. The third-order valence-corrected chi connectivity index (χ3v) is 3.47. The van der Waals surface area contributed by atoms with E-state index >= 15 is 0 Å². The van der Waals surface area contributed by atoms with Crippen molar-refractivity contribution in [2.75, 3.05) is 0 Å². The Balaban J connectivity index is 2.19. The molecule has 0 aliphatic heterocycles. The molecule has 84 valence electrons. The first-order valence-electron chi connectivity index (χ1n) is 5.67. The number of hydrogen-bond donors (Lipinski definition) is 1. The number of rotatable bonds is 2. The van der Waals surface area contributed by atoms with E-state index in [0.717, 1.165) is 16.5 Å². The second-order valence-electron chi connectivity index (χ2n) is 4.72. The van der Waals surface area contributed by atoms with Crippen LogP contribution in [0.2, 0.25) is 0 Å². The molecule has 0 spiro atoms. The van der Waals surface area contributed by atoms with Crippen LogP contribution in [0.5, 0.6) is 0 Å². The molecule has 1 atom stereocenters. The SMILES string of the molecule is Cn1cc(C(N)C2CC2)c2cc(F)ccc21. The predicted molar refractivity (Wildman–Crippen MR) is 62.5 cm³/mol. The predicted octanol–water partition coefficient (Wildman–Crippen LogP) is 2.73. The second-order valence-corrected chi connectivity index (χ2v) is 4.72. The molecule has 1 aromatic heterocycles. The van der Waals surface area contributed by atoms with Crippen LogP contribution in [0, 0.1) is 11.7 Å². The molecule has 0 radical (unpaired) electrons. The summed E-state index contributed by atoms with van der Waals surface area (Å²) < 4.78 is 15.3. The lowest BCUT2D eigenvalue weighted by atomic mass is 10.0. The van der Waals surface area contributed by atoms with E-state index in [2.05, 4.69) is 0 Å². The molecule has 0 saturated heterocycles. The monoisotopic (exact) mass is 218 g/mol. The lowest BCUT2D eigenvalue weighted by Gasteiger charge is -2.08. The maximum Gasteiger partial charge on any atom is 0.123 e. The lowest BCUT2D eigenvalue weighted by Crippen LogP contribution is -2.11. The largest absolute Gasteiger partial charge is 0.350 e. The van der Waals surface area contributed by atoms with E-state index in [9.17, 15) is 4.39 Å². The smallest absolute Gasteiger partial charge is 0.123 e. The van der Waals surface area contributed by atoms with Crippen LogP contribution in [-0.4, -0.2) is 4.57 Å². The van der Waals surface area contributed by atoms with Gasteiger partial charge >= 0.3 is 0 Å². The van der Waals surface area contributed by atoms with Gasteiger partial charge in [-0.1, -0.05) is 0 Å². The number of halogens is 1. The lowest BCUT2D eigenvalue weighted by molar-refractivity contribution is 0.626. The first-order valence-corrected chi connectivity index (χ1v) is 5.67. The van der Waals surface area contributed by atoms with Gasteiger partial charge in [0.1, 0.15) is 5.82 Å². The minimum atomic E-state index is -0.192. The Morgan fingerprint density at radius 1 is 1.44 bits per heavy atom. The van der Waals surface area contributed by atoms with Crippen molar-refractivity contribution in [3.05, 3.63) is 35.8 Å². The van der Waals surface area contributed by atoms with Gasteiger partial charge < -0.3 is 10.3 Å². The molecule has 2 aromatic rings. The summed E-state index contributed by atoms with van der Waals surface area (Å²) in [5.74, 6) is 0.400. The molecule has 2 N–H and O–H groups in total. The van der Waals surface area contributed by atoms with Gasteiger partial charge in [-0.25, -0.2) is 4.39 Å². The third kappa shape index (κ3) is 1.43. The van der Waals surface area contributed by atoms with Crippen molar-refractivity contribution in [3.8, 4) is 0 Å². The first-order chi connectivity index (χ1) is 7.66. The highest BCUT2D eigenvalue weighted by atomic mass is 19.1. The van der Waals surface area contributed by atoms with Crippen LogP contribution < -0.4 is 5.73 Å². The summed E-state index contributed by atoms with van der Waals surface area (Å²) >= 11 is 0. The summed E-state index contributed by atoms with van der Waals surface area (Å²) in [6.07, 6.45) is 4.44. The quantitative estimate of drug-likeness (QED) is 0.825. The van der Waals surface area contributed by atoms with Crippen LogP contribution in [-0.2, 0) is 7.05 Å². The van der Waals surface area contributed by atoms with Gasteiger partial charge in [0.05, 0.1) is 0 Å². The van der Waals surface area contributed by atoms with Gasteiger partial charge in [-0.2, -0.15) is 0 Å². The number of hydrogen-bond acceptors (Lipinski definition) is 1. The van der Waals surface area contributed by atoms with E-state index < -0.39 is 0 Å². The van der Waals surface area contributed by atoms with Crippen molar-refractivity contribution in [3.63, 3.8) is 0 Å². The van der Waals surface area contributed by atoms with Crippen molar-refractivity contribution in [1.82, 2.24) is 4.57 Å². The van der Waals surface area contributed by atoms with Gasteiger partial charge in [0.15, 0.2) is 0 Å². The molecule has 1 unspecified atom stereocenters. The summed E-state index contributed by atoms with van der Waals surface area (Å²) in [4.78, 5) is 0. The van der Waals surface area contributed by atoms with Gasteiger partial charge in [-0.15, -0.1) is 0 Å². The van der Waals surface area contributed by atoms with Crippen LogP contribution in [0.3, 0.4) is 0 Å². The Hall–Kier alpha value is -1.35. The van der Waals surface area contributed by atoms with Gasteiger partial charge in [-0.3, -0.25) is 0 Å². The van der Waals surface area contributed by atoms with Crippen LogP contribution in [0.15, 0.2) is 24.4 Å². The van der Waals surface area contributed by atoms with E-state index in [1.165, 1.54) is 18.9 Å². The van der Waals surface area contributed by atoms with Crippen molar-refractivity contribution < 1.29 is 4.39 Å². The van der Waals surface area contributed by atoms with Crippen LogP contribution in [0.1, 0.15) is 24.4 Å². The second kappa shape index (κ2) is 3.32. The van der Waals surface area contributed by atoms with Crippen molar-refractivity contribution >= 4 is 10.9 Å². The zero-order valence-corrected chi connectivity index (χ0v) is 9.28. The van der Waals surface area contributed by atoms with Crippen molar-refractivity contribution in [1.29, 1.82) is 0 Å². The van der Waals surface area contributed by atoms with Gasteiger partial charge in [0, 0.05) is 30.2 Å². The summed E-state index contributed by atoms with van der Waals surface area (Å²) in [5.41, 5.74) is 8.33. The fourth-order valence-corrected chi connectivity index (χ4v) is 2.37. The average Bonchev–Trinajstić information content (AvgIpc) is 3.04. The molecule has 2 nitrogen and oxygen atoms in total. The molecule has 1 aliphatic carbocycles. The van der Waals surface area contributed by atoms with E-state index in [-0.39, 0.29) is 11.9 Å². The minimum absolute atomic E-state index is 0.0606. The molecule has 0 amide bonds. The highest BCUT2D eigenvalue weighted by Gasteiger charge is 2.31. The zero-order valence-electron chi connectivity index (χ0n) is 9.28. The molecular formula is C13H15FN2. The Labute approximate surface area is 93.9 Å². The zero-order chi connectivity index (χ0) is 11.3. The molecular weight excluding hydrogens is 203 g/mol. The fraction of sp³-hybridized carbons (Fsp3) is 0.385. The topological polar surface area (TPSA) is 30.9 Å². The standard InChI is InChI=1S/C13H15FN2/c1-16-7-11(13(15)8-2-3-8)10-6-9(14)4-5-12(10)16/h4-8,13H,2-3,15H2,1H3. The van der Waals surface area contributed by atoms with Gasteiger partial charge in [0.25, 0.3) is 0 Å². The highest BCUT2D eigenvalue weighted by molar-refractivity contribution is 5.84. The number of aromatic nitrogens is 1. The Kier molecular flexibility index (Phi) is 2.04. The number of aryl methyl sites for hydroxylation is 1. The molecule has 1 aliphatic rings. The molecule has 0 bridgehead atoms. The number of nitrogens with two attached hydrogens (primary N) is 1. The van der Waals surface area contributed by atoms with E-state index in [4.69, 9.17) is 5.73 Å². The summed E-state index contributed by atoms with van der Waals surface area (Å²) in [7, 11) is 1.98. The van der Waals surface area contributed by atoms with E-state index in [1.54, 1.807) is 6.07 Å². The molecule has 3 heteroatoms.